The lowest BCUT2D eigenvalue weighted by Crippen LogP contribution is -2.52. The largest absolute Gasteiger partial charge is 0.361 e. The highest BCUT2D eigenvalue weighted by molar-refractivity contribution is 6.06. The van der Waals surface area contributed by atoms with Gasteiger partial charge in [-0.3, -0.25) is 9.59 Å². The van der Waals surface area contributed by atoms with E-state index in [0.717, 1.165) is 22.2 Å². The van der Waals surface area contributed by atoms with Gasteiger partial charge in [0.15, 0.2) is 0 Å². The van der Waals surface area contributed by atoms with Crippen molar-refractivity contribution in [2.75, 3.05) is 13.1 Å². The Balaban J connectivity index is 1.28. The van der Waals surface area contributed by atoms with Crippen LogP contribution < -0.4 is 5.56 Å². The molecular weight excluding hydrogens is 328 g/mol. The predicted molar refractivity (Wildman–Crippen MR) is 98.2 cm³/mol. The van der Waals surface area contributed by atoms with Crippen LogP contribution in [-0.4, -0.2) is 38.7 Å². The number of hydrogen-bond acceptors (Lipinski definition) is 3. The number of aromatic nitrogens is 3. The summed E-state index contributed by atoms with van der Waals surface area (Å²) in [5.74, 6) is 0.866. The van der Waals surface area contributed by atoms with Crippen molar-refractivity contribution in [3.63, 3.8) is 0 Å². The molecule has 0 atom stereocenters. The van der Waals surface area contributed by atoms with Gasteiger partial charge < -0.3 is 9.88 Å². The van der Waals surface area contributed by atoms with Gasteiger partial charge in [-0.05, 0) is 37.1 Å². The highest BCUT2D eigenvalue weighted by atomic mass is 16.2. The molecule has 1 aromatic carbocycles. The van der Waals surface area contributed by atoms with E-state index in [1.54, 1.807) is 10.7 Å². The first kappa shape index (κ1) is 15.4. The van der Waals surface area contributed by atoms with Crippen molar-refractivity contribution in [1.29, 1.82) is 0 Å². The van der Waals surface area contributed by atoms with E-state index >= 15 is 0 Å². The number of benzene rings is 1. The van der Waals surface area contributed by atoms with Crippen molar-refractivity contribution in [2.45, 2.75) is 25.3 Å². The van der Waals surface area contributed by atoms with Crippen LogP contribution >= 0.6 is 0 Å². The fourth-order valence-corrected chi connectivity index (χ4v) is 3.73. The molecular formula is C20H20N4O2. The average Bonchev–Trinajstić information content (AvgIpc) is 3.35. The Bertz CT molecular complexity index is 1040. The molecule has 0 radical (unpaired) electrons. The Morgan fingerprint density at radius 3 is 2.81 bits per heavy atom. The van der Waals surface area contributed by atoms with Gasteiger partial charge in [0.05, 0.1) is 12.2 Å². The Hall–Kier alpha value is -2.89. The number of carbonyl (C=O) groups is 1. The summed E-state index contributed by atoms with van der Waals surface area (Å²) in [5, 5.41) is 5.47. The first-order valence-corrected chi connectivity index (χ1v) is 9.12. The molecule has 0 unspecified atom stereocenters. The second-order valence-corrected chi connectivity index (χ2v) is 7.37. The maximum Gasteiger partial charge on any atom is 0.266 e. The first-order valence-electron chi connectivity index (χ1n) is 9.12. The zero-order valence-corrected chi connectivity index (χ0v) is 14.4. The van der Waals surface area contributed by atoms with Gasteiger partial charge in [0.2, 0.25) is 0 Å². The molecule has 5 rings (SSSR count). The summed E-state index contributed by atoms with van der Waals surface area (Å²) in [6.45, 7) is 1.92. The maximum absolute atomic E-state index is 12.8. The highest BCUT2D eigenvalue weighted by Gasteiger charge is 2.33. The number of nitrogens with one attached hydrogen (secondary N) is 1. The molecule has 1 aliphatic carbocycles. The Kier molecular flexibility index (Phi) is 3.45. The molecule has 26 heavy (non-hydrogen) atoms. The van der Waals surface area contributed by atoms with Gasteiger partial charge in [-0.25, -0.2) is 4.68 Å². The monoisotopic (exact) mass is 348 g/mol. The van der Waals surface area contributed by atoms with Crippen LogP contribution in [-0.2, 0) is 6.54 Å². The normalized spacial score (nSPS) is 17.5. The van der Waals surface area contributed by atoms with Crippen LogP contribution in [0.4, 0.5) is 0 Å². The lowest BCUT2D eigenvalue weighted by molar-refractivity contribution is 0.0460. The van der Waals surface area contributed by atoms with Gasteiger partial charge in [-0.1, -0.05) is 6.07 Å². The fourth-order valence-electron chi connectivity index (χ4n) is 3.73. The van der Waals surface area contributed by atoms with E-state index < -0.39 is 0 Å². The second kappa shape index (κ2) is 5.83. The van der Waals surface area contributed by atoms with Crippen LogP contribution in [0, 0.1) is 5.92 Å². The molecule has 0 bridgehead atoms. The minimum absolute atomic E-state index is 0.0542. The second-order valence-electron chi connectivity index (χ2n) is 7.37. The van der Waals surface area contributed by atoms with Crippen LogP contribution in [0.15, 0.2) is 47.4 Å². The number of H-pyrrole nitrogens is 1. The van der Waals surface area contributed by atoms with Crippen molar-refractivity contribution in [3.05, 3.63) is 64.2 Å². The molecule has 132 valence electrons. The first-order chi connectivity index (χ1) is 12.7. The van der Waals surface area contributed by atoms with Gasteiger partial charge in [0.25, 0.3) is 11.5 Å². The van der Waals surface area contributed by atoms with Crippen LogP contribution in [0.3, 0.4) is 0 Å². The predicted octanol–water partition coefficient (Wildman–Crippen LogP) is 2.37. The van der Waals surface area contributed by atoms with E-state index in [4.69, 9.17) is 0 Å². The molecule has 3 aromatic rings. The molecule has 1 N–H and O–H groups in total. The number of amides is 1. The Labute approximate surface area is 150 Å². The van der Waals surface area contributed by atoms with E-state index in [1.165, 1.54) is 12.8 Å². The number of rotatable bonds is 4. The molecule has 2 aromatic heterocycles. The smallest absolute Gasteiger partial charge is 0.266 e. The minimum atomic E-state index is -0.0590. The molecule has 6 heteroatoms. The summed E-state index contributed by atoms with van der Waals surface area (Å²) in [6.07, 6.45) is 4.19. The van der Waals surface area contributed by atoms with Gasteiger partial charge in [-0.2, -0.15) is 5.10 Å². The molecule has 2 fully saturated rings. The summed E-state index contributed by atoms with van der Waals surface area (Å²) in [4.78, 5) is 29.8. The van der Waals surface area contributed by atoms with Gasteiger partial charge in [0, 0.05) is 53.7 Å². The summed E-state index contributed by atoms with van der Waals surface area (Å²) in [5.41, 5.74) is 2.67. The summed E-state index contributed by atoms with van der Waals surface area (Å²) in [6, 6.07) is 11.1. The topological polar surface area (TPSA) is 71.0 Å². The molecule has 1 aliphatic heterocycles. The number of aromatic amines is 1. The Morgan fingerprint density at radius 2 is 2.00 bits per heavy atom. The number of likely N-dealkylation sites (tertiary alicyclic amines) is 1. The molecule has 3 heterocycles. The SMILES string of the molecule is O=C(c1cccc2[nH]ccc12)N1CC(Cn2nc(C3CC3)ccc2=O)C1. The molecule has 1 amide bonds. The van der Waals surface area contributed by atoms with Crippen LogP contribution in [0.25, 0.3) is 10.9 Å². The summed E-state index contributed by atoms with van der Waals surface area (Å²) < 4.78 is 1.58. The lowest BCUT2D eigenvalue weighted by atomic mass is 9.98. The van der Waals surface area contributed by atoms with E-state index in [2.05, 4.69) is 10.1 Å². The van der Waals surface area contributed by atoms with Crippen LogP contribution in [0.1, 0.15) is 34.8 Å². The third-order valence-corrected chi connectivity index (χ3v) is 5.38. The quantitative estimate of drug-likeness (QED) is 0.787. The zero-order chi connectivity index (χ0) is 17.7. The molecule has 0 spiro atoms. The Morgan fingerprint density at radius 1 is 1.15 bits per heavy atom. The maximum atomic E-state index is 12.8. The van der Waals surface area contributed by atoms with Gasteiger partial charge in [0.1, 0.15) is 0 Å². The lowest BCUT2D eigenvalue weighted by Gasteiger charge is -2.39. The van der Waals surface area contributed by atoms with Crippen molar-refractivity contribution in [2.24, 2.45) is 5.92 Å². The van der Waals surface area contributed by atoms with Crippen molar-refractivity contribution < 1.29 is 4.79 Å². The molecule has 6 nitrogen and oxygen atoms in total. The number of hydrogen-bond donors (Lipinski definition) is 1. The van der Waals surface area contributed by atoms with Gasteiger partial charge >= 0.3 is 0 Å². The minimum Gasteiger partial charge on any atom is -0.361 e. The average molecular weight is 348 g/mol. The van der Waals surface area contributed by atoms with E-state index in [0.29, 0.717) is 25.6 Å². The summed E-state index contributed by atoms with van der Waals surface area (Å²) in [7, 11) is 0. The standard InChI is InChI=1S/C20H20N4O2/c25-19-7-6-17(14-4-5-14)22-24(19)12-13-10-23(11-13)20(26)16-2-1-3-18-15(16)8-9-21-18/h1-3,6-9,13-14,21H,4-5,10-12H2. The number of fused-ring (bicyclic) bond motifs is 1. The van der Waals surface area contributed by atoms with Crippen LogP contribution in [0.2, 0.25) is 0 Å². The van der Waals surface area contributed by atoms with E-state index in [-0.39, 0.29) is 17.4 Å². The third-order valence-electron chi connectivity index (χ3n) is 5.38. The zero-order valence-electron chi connectivity index (χ0n) is 14.4. The van der Waals surface area contributed by atoms with E-state index in [9.17, 15) is 9.59 Å². The third kappa shape index (κ3) is 2.62. The van der Waals surface area contributed by atoms with Gasteiger partial charge in [-0.15, -0.1) is 0 Å². The number of carbonyl (C=O) groups excluding carboxylic acids is 1. The summed E-state index contributed by atoms with van der Waals surface area (Å²) >= 11 is 0. The van der Waals surface area contributed by atoms with E-state index in [1.807, 2.05) is 41.4 Å². The van der Waals surface area contributed by atoms with Crippen molar-refractivity contribution >= 4 is 16.8 Å². The molecule has 1 saturated carbocycles. The van der Waals surface area contributed by atoms with Crippen molar-refractivity contribution in [3.8, 4) is 0 Å². The van der Waals surface area contributed by atoms with Crippen LogP contribution in [0.5, 0.6) is 0 Å². The molecule has 2 aliphatic rings. The molecule has 1 saturated heterocycles. The van der Waals surface area contributed by atoms with Crippen molar-refractivity contribution in [1.82, 2.24) is 19.7 Å². The fraction of sp³-hybridized carbons (Fsp3) is 0.350. The number of nitrogens with zero attached hydrogens (tertiary/aromatic N) is 3. The highest BCUT2D eigenvalue weighted by Crippen LogP contribution is 2.38.